The van der Waals surface area contributed by atoms with Gasteiger partial charge >= 0.3 is 11.9 Å². The Morgan fingerprint density at radius 3 is 1.71 bits per heavy atom. The topological polar surface area (TPSA) is 136 Å². The van der Waals surface area contributed by atoms with Crippen molar-refractivity contribution in [1.29, 1.82) is 0 Å². The zero-order valence-corrected chi connectivity index (χ0v) is 26.1. The monoisotopic (exact) mass is 652 g/mol. The number of nitrogens with one attached hydrogen (secondary N) is 1. The van der Waals surface area contributed by atoms with Crippen LogP contribution in [0.5, 0.6) is 11.5 Å². The van der Waals surface area contributed by atoms with Gasteiger partial charge in [0.15, 0.2) is 11.6 Å². The molecule has 0 heterocycles. The lowest BCUT2D eigenvalue weighted by Crippen LogP contribution is -2.24. The number of carbonyl (C=O) groups is 2. The Morgan fingerprint density at radius 1 is 0.688 bits per heavy atom. The van der Waals surface area contributed by atoms with E-state index in [0.29, 0.717) is 28.5 Å². The van der Waals surface area contributed by atoms with Crippen LogP contribution in [0, 0.1) is 5.82 Å². The van der Waals surface area contributed by atoms with Gasteiger partial charge < -0.3 is 18.9 Å². The van der Waals surface area contributed by atoms with Crippen molar-refractivity contribution in [3.8, 4) is 11.5 Å². The normalized spacial score (nSPS) is 10.8. The predicted octanol–water partition coefficient (Wildman–Crippen LogP) is 8.34. The summed E-state index contributed by atoms with van der Waals surface area (Å²) in [5.74, 6) is -1.04. The van der Waals surface area contributed by atoms with E-state index in [2.05, 4.69) is 39.0 Å². The van der Waals surface area contributed by atoms with Gasteiger partial charge in [-0.3, -0.25) is 10.4 Å². The minimum absolute atomic E-state index is 0.000588. The average molecular weight is 653 g/mol. The van der Waals surface area contributed by atoms with E-state index in [1.165, 1.54) is 12.1 Å². The van der Waals surface area contributed by atoms with Gasteiger partial charge in [0, 0.05) is 25.3 Å². The molecule has 0 unspecified atom stereocenters. The van der Waals surface area contributed by atoms with Crippen LogP contribution in [0.15, 0.2) is 137 Å². The largest absolute Gasteiger partial charge is 0.490 e. The van der Waals surface area contributed by atoms with Gasteiger partial charge in [0.05, 0.1) is 34.1 Å². The molecule has 48 heavy (non-hydrogen) atoms. The van der Waals surface area contributed by atoms with Crippen molar-refractivity contribution in [3.05, 3.63) is 122 Å². The Hall–Kier alpha value is -6.37. The third-order valence-electron chi connectivity index (χ3n) is 6.23. The van der Waals surface area contributed by atoms with E-state index in [0.717, 1.165) is 23.5 Å². The summed E-state index contributed by atoms with van der Waals surface area (Å²) >= 11 is 0. The molecule has 0 bridgehead atoms. The lowest BCUT2D eigenvalue weighted by molar-refractivity contribution is -0.139. The molecule has 0 aliphatic carbocycles. The van der Waals surface area contributed by atoms with Crippen LogP contribution in [-0.4, -0.2) is 45.4 Å². The lowest BCUT2D eigenvalue weighted by atomic mass is 10.2. The summed E-state index contributed by atoms with van der Waals surface area (Å²) in [7, 11) is 1.88. The predicted molar refractivity (Wildman–Crippen MR) is 179 cm³/mol. The van der Waals surface area contributed by atoms with E-state index in [1.807, 2.05) is 48.5 Å². The Morgan fingerprint density at radius 2 is 1.17 bits per heavy atom. The molecule has 12 nitrogen and oxygen atoms in total. The number of carbonyl (C=O) groups excluding carboxylic acids is 2. The van der Waals surface area contributed by atoms with E-state index in [4.69, 9.17) is 18.9 Å². The van der Waals surface area contributed by atoms with Crippen LogP contribution in [-0.2, 0) is 19.1 Å². The molecule has 4 aromatic carbocycles. The van der Waals surface area contributed by atoms with Gasteiger partial charge in [-0.1, -0.05) is 13.2 Å². The number of rotatable bonds is 17. The molecule has 0 fully saturated rings. The first-order valence-corrected chi connectivity index (χ1v) is 14.6. The molecule has 0 aromatic heterocycles. The van der Waals surface area contributed by atoms with E-state index in [1.54, 1.807) is 42.5 Å². The molecular weight excluding hydrogens is 619 g/mol. The summed E-state index contributed by atoms with van der Waals surface area (Å²) < 4.78 is 34.9. The zero-order valence-electron chi connectivity index (χ0n) is 26.1. The number of halogens is 1. The quantitative estimate of drug-likeness (QED) is 0.0395. The van der Waals surface area contributed by atoms with Gasteiger partial charge in [0.25, 0.3) is 0 Å². The fourth-order valence-electron chi connectivity index (χ4n) is 3.83. The van der Waals surface area contributed by atoms with Gasteiger partial charge in [-0.2, -0.15) is 20.5 Å². The fraction of sp³-hybridized carbons (Fsp3) is 0.143. The maximum Gasteiger partial charge on any atom is 0.330 e. The molecule has 0 aliphatic heterocycles. The Labute approximate surface area is 276 Å². The molecule has 13 heteroatoms. The van der Waals surface area contributed by atoms with Crippen molar-refractivity contribution in [2.75, 3.05) is 43.9 Å². The Balaban J connectivity index is 1.22. The van der Waals surface area contributed by atoms with E-state index in [-0.39, 0.29) is 32.2 Å². The molecule has 0 amide bonds. The highest BCUT2D eigenvalue weighted by molar-refractivity contribution is 5.81. The second-order valence-corrected chi connectivity index (χ2v) is 9.68. The number of hydrazine groups is 1. The maximum atomic E-state index is 14.4. The van der Waals surface area contributed by atoms with E-state index >= 15 is 0 Å². The summed E-state index contributed by atoms with van der Waals surface area (Å²) in [6.45, 7) is 6.97. The number of hydrogen-bond donors (Lipinski definition) is 1. The number of azo groups is 2. The zero-order chi connectivity index (χ0) is 34.1. The smallest absolute Gasteiger partial charge is 0.330 e. The molecule has 246 valence electrons. The van der Waals surface area contributed by atoms with Crippen LogP contribution in [0.3, 0.4) is 0 Å². The summed E-state index contributed by atoms with van der Waals surface area (Å²) in [4.78, 5) is 22.1. The molecule has 1 N–H and O–H groups in total. The van der Waals surface area contributed by atoms with Gasteiger partial charge in [-0.25, -0.2) is 14.0 Å². The highest BCUT2D eigenvalue weighted by atomic mass is 19.1. The number of ether oxygens (including phenoxy) is 4. The Kier molecular flexibility index (Phi) is 12.9. The third-order valence-corrected chi connectivity index (χ3v) is 6.23. The summed E-state index contributed by atoms with van der Waals surface area (Å²) in [5, 5.41) is 18.7. The molecule has 0 saturated carbocycles. The highest BCUT2D eigenvalue weighted by Crippen LogP contribution is 2.27. The van der Waals surface area contributed by atoms with Crippen LogP contribution in [0.2, 0.25) is 0 Å². The van der Waals surface area contributed by atoms with Crippen molar-refractivity contribution in [3.63, 3.8) is 0 Å². The minimum atomic E-state index is -0.610. The molecule has 0 atom stereocenters. The van der Waals surface area contributed by atoms with Crippen LogP contribution in [0.1, 0.15) is 0 Å². The maximum absolute atomic E-state index is 14.4. The van der Waals surface area contributed by atoms with Crippen molar-refractivity contribution < 1.29 is 32.9 Å². The fourth-order valence-corrected chi connectivity index (χ4v) is 3.83. The number of benzene rings is 4. The molecule has 0 aliphatic rings. The molecule has 0 radical (unpaired) electrons. The first-order chi connectivity index (χ1) is 23.3. The van der Waals surface area contributed by atoms with Crippen LogP contribution >= 0.6 is 0 Å². The molecule has 4 rings (SSSR count). The highest BCUT2D eigenvalue weighted by Gasteiger charge is 2.06. The lowest BCUT2D eigenvalue weighted by Gasteiger charge is -2.21. The van der Waals surface area contributed by atoms with Crippen molar-refractivity contribution in [1.82, 2.24) is 0 Å². The third kappa shape index (κ3) is 11.2. The van der Waals surface area contributed by atoms with Crippen molar-refractivity contribution in [2.45, 2.75) is 0 Å². The summed E-state index contributed by atoms with van der Waals surface area (Å²) in [6.07, 6.45) is 2.14. The Bertz CT molecular complexity index is 1750. The first kappa shape index (κ1) is 34.5. The average Bonchev–Trinajstić information content (AvgIpc) is 3.11. The van der Waals surface area contributed by atoms with E-state index in [9.17, 15) is 14.0 Å². The SMILES string of the molecule is C=CC(=O)OCCOc1ccc(N=Nc2ccc(NN(C)c3ccc(N=Nc4ccc(OCCOC(=O)C=C)c(F)c4)cc3)cc2)cc1. The molecule has 0 spiro atoms. The molecule has 0 saturated heterocycles. The second-order valence-electron chi connectivity index (χ2n) is 9.68. The van der Waals surface area contributed by atoms with Gasteiger partial charge in [0.1, 0.15) is 32.2 Å². The van der Waals surface area contributed by atoms with Crippen molar-refractivity contribution in [2.24, 2.45) is 20.5 Å². The van der Waals surface area contributed by atoms with Gasteiger partial charge in [-0.05, 0) is 84.9 Å². The van der Waals surface area contributed by atoms with Crippen molar-refractivity contribution >= 4 is 46.1 Å². The summed E-state index contributed by atoms with van der Waals surface area (Å²) in [5.41, 5.74) is 7.23. The number of nitrogens with zero attached hydrogens (tertiary/aromatic N) is 5. The van der Waals surface area contributed by atoms with Crippen LogP contribution < -0.4 is 19.9 Å². The number of esters is 2. The number of anilines is 2. The first-order valence-electron chi connectivity index (χ1n) is 14.6. The van der Waals surface area contributed by atoms with Gasteiger partial charge in [0.2, 0.25) is 0 Å². The van der Waals surface area contributed by atoms with Crippen LogP contribution in [0.25, 0.3) is 0 Å². The molecule has 4 aromatic rings. The molecular formula is C35H33FN6O6. The number of hydrogen-bond acceptors (Lipinski definition) is 12. The standard InChI is InChI=1S/C35H33FN6O6/c1-4-34(43)47-22-20-45-31-17-12-27(13-18-31)38-37-25-6-8-28(9-7-25)41-42(3)30-15-10-26(11-16-30)39-40-29-14-19-33(32(36)24-29)46-21-23-48-35(44)5-2/h4-19,24,41H,1-2,20-23H2,3H3. The van der Waals surface area contributed by atoms with Crippen LogP contribution in [0.4, 0.5) is 38.5 Å². The summed E-state index contributed by atoms with van der Waals surface area (Å²) in [6, 6.07) is 26.1. The van der Waals surface area contributed by atoms with E-state index < -0.39 is 17.8 Å². The van der Waals surface area contributed by atoms with Gasteiger partial charge in [-0.15, -0.1) is 0 Å². The second kappa shape index (κ2) is 17.9. The minimum Gasteiger partial charge on any atom is -0.490 e.